The Bertz CT molecular complexity index is 326. The maximum Gasteiger partial charge on any atom is 0.339 e. The van der Waals surface area contributed by atoms with Gasteiger partial charge >= 0.3 is 5.97 Å². The molecule has 1 rings (SSSR count). The quantitative estimate of drug-likeness (QED) is 0.548. The number of rotatable bonds is 5. The van der Waals surface area contributed by atoms with Crippen molar-refractivity contribution in [3.8, 4) is 0 Å². The Balaban J connectivity index is 2.73. The zero-order valence-corrected chi connectivity index (χ0v) is 8.95. The molecule has 0 aliphatic carbocycles. The van der Waals surface area contributed by atoms with E-state index in [1.165, 1.54) is 7.11 Å². The van der Waals surface area contributed by atoms with Gasteiger partial charge in [-0.25, -0.2) is 4.79 Å². The summed E-state index contributed by atoms with van der Waals surface area (Å²) in [5.41, 5.74) is 5.15. The maximum absolute atomic E-state index is 11.4. The minimum Gasteiger partial charge on any atom is -0.465 e. The van der Waals surface area contributed by atoms with Crippen LogP contribution in [0.25, 0.3) is 0 Å². The van der Waals surface area contributed by atoms with Crippen LogP contribution in [0.4, 0.5) is 5.69 Å². The number of hydrogen-bond donors (Lipinski definition) is 2. The number of para-hydroxylation sites is 1. The predicted molar refractivity (Wildman–Crippen MR) is 58.6 cm³/mol. The topological polar surface area (TPSA) is 66.0 Å². The third kappa shape index (κ3) is 3.25. The van der Waals surface area contributed by atoms with Gasteiger partial charge in [0.05, 0.1) is 19.2 Å². The summed E-state index contributed by atoms with van der Waals surface area (Å²) in [5.74, 6) is -0.312. The molecule has 0 amide bonds. The van der Waals surface area contributed by atoms with Crippen molar-refractivity contribution in [2.75, 3.05) is 25.5 Å². The van der Waals surface area contributed by atoms with Gasteiger partial charge in [0.1, 0.15) is 0 Å². The Labute approximate surface area is 89.4 Å². The van der Waals surface area contributed by atoms with Crippen molar-refractivity contribution >= 4 is 11.7 Å². The molecule has 0 spiro atoms. The fourth-order valence-corrected chi connectivity index (χ4v) is 1.27. The molecule has 15 heavy (non-hydrogen) atoms. The molecule has 0 saturated heterocycles. The van der Waals surface area contributed by atoms with Crippen molar-refractivity contribution in [2.24, 2.45) is 0 Å². The highest BCUT2D eigenvalue weighted by atomic mass is 16.5. The minimum absolute atomic E-state index is 0.312. The van der Waals surface area contributed by atoms with E-state index in [2.05, 4.69) is 11.1 Å². The van der Waals surface area contributed by atoms with Gasteiger partial charge in [0, 0.05) is 18.7 Å². The monoisotopic (exact) mass is 209 g/mol. The van der Waals surface area contributed by atoms with Crippen LogP contribution in [0.5, 0.6) is 0 Å². The molecular weight excluding hydrogens is 192 g/mol. The molecule has 0 saturated carbocycles. The van der Waals surface area contributed by atoms with Crippen LogP contribution in [0, 0.1) is 0 Å². The van der Waals surface area contributed by atoms with E-state index in [4.69, 9.17) is 4.74 Å². The Kier molecular flexibility index (Phi) is 4.63. The normalized spacial score (nSPS) is 9.73. The maximum atomic E-state index is 11.4. The lowest BCUT2D eigenvalue weighted by molar-refractivity contribution is -0.367. The molecule has 0 atom stereocenters. The molecule has 1 aromatic carbocycles. The molecule has 0 heterocycles. The smallest absolute Gasteiger partial charge is 0.339 e. The molecule has 0 fully saturated rings. The van der Waals surface area contributed by atoms with Crippen LogP contribution in [0.1, 0.15) is 16.8 Å². The van der Waals surface area contributed by atoms with E-state index in [1.54, 1.807) is 6.07 Å². The van der Waals surface area contributed by atoms with E-state index in [-0.39, 0.29) is 5.97 Å². The zero-order valence-electron chi connectivity index (χ0n) is 8.95. The van der Waals surface area contributed by atoms with Crippen LogP contribution in [0.15, 0.2) is 24.3 Å². The van der Waals surface area contributed by atoms with E-state index >= 15 is 0 Å². The molecule has 82 valence electrons. The molecule has 0 radical (unpaired) electrons. The molecule has 4 heteroatoms. The van der Waals surface area contributed by atoms with Gasteiger partial charge in [0.15, 0.2) is 0 Å². The Morgan fingerprint density at radius 3 is 2.87 bits per heavy atom. The number of benzene rings is 1. The summed E-state index contributed by atoms with van der Waals surface area (Å²) in [6.07, 6.45) is 0.982. The van der Waals surface area contributed by atoms with Gasteiger partial charge in [-0.1, -0.05) is 12.1 Å². The first kappa shape index (κ1) is 11.5. The average molecular weight is 209 g/mol. The third-order valence-electron chi connectivity index (χ3n) is 2.07. The number of carbonyl (C=O) groups excluding carboxylic acids is 1. The van der Waals surface area contributed by atoms with Crippen molar-refractivity contribution < 1.29 is 15.3 Å². The fraction of sp³-hybridized carbons (Fsp3) is 0.364. The Morgan fingerprint density at radius 2 is 2.20 bits per heavy atom. The summed E-state index contributed by atoms with van der Waals surface area (Å²) in [5, 5.41) is 3.19. The van der Waals surface area contributed by atoms with Gasteiger partial charge in [-0.3, -0.25) is 0 Å². The summed E-state index contributed by atoms with van der Waals surface area (Å²) in [6.45, 7) is 1.70. The van der Waals surface area contributed by atoms with Crippen molar-refractivity contribution in [2.45, 2.75) is 6.42 Å². The van der Waals surface area contributed by atoms with Crippen molar-refractivity contribution in [1.82, 2.24) is 0 Å². The van der Waals surface area contributed by atoms with Crippen LogP contribution >= 0.6 is 0 Å². The molecule has 4 N–H and O–H groups in total. The molecule has 0 unspecified atom stereocenters. The first-order valence-corrected chi connectivity index (χ1v) is 5.00. The first-order chi connectivity index (χ1) is 7.29. The molecule has 4 nitrogen and oxygen atoms in total. The summed E-state index contributed by atoms with van der Waals surface area (Å²) in [4.78, 5) is 11.4. The number of ether oxygens (including phenoxy) is 1. The summed E-state index contributed by atoms with van der Waals surface area (Å²) in [6, 6.07) is 7.32. The lowest BCUT2D eigenvalue weighted by Gasteiger charge is -2.09. The molecule has 1 aromatic rings. The van der Waals surface area contributed by atoms with E-state index in [9.17, 15) is 4.79 Å². The summed E-state index contributed by atoms with van der Waals surface area (Å²) < 4.78 is 4.69. The van der Waals surface area contributed by atoms with Crippen LogP contribution in [-0.2, 0) is 4.74 Å². The molecule has 0 aromatic heterocycles. The summed E-state index contributed by atoms with van der Waals surface area (Å²) >= 11 is 0. The largest absolute Gasteiger partial charge is 0.465 e. The Morgan fingerprint density at radius 1 is 1.47 bits per heavy atom. The van der Waals surface area contributed by atoms with E-state index < -0.39 is 0 Å². The zero-order chi connectivity index (χ0) is 11.1. The van der Waals surface area contributed by atoms with Crippen LogP contribution in [0.2, 0.25) is 0 Å². The standard InChI is InChI=1S/C11H16N2O2/c1-15-11(14)9-5-2-3-6-10(9)13-8-4-7-12/h2-3,5-6,13H,4,7-8,12H2,1H3/p+1. The molecular formula is C11H17N2O2+. The minimum atomic E-state index is -0.312. The highest BCUT2D eigenvalue weighted by molar-refractivity contribution is 5.95. The van der Waals surface area contributed by atoms with Gasteiger partial charge in [-0.05, 0) is 12.1 Å². The Hall–Kier alpha value is -1.55. The summed E-state index contributed by atoms with van der Waals surface area (Å²) in [7, 11) is 1.38. The number of anilines is 1. The second-order valence-electron chi connectivity index (χ2n) is 3.17. The van der Waals surface area contributed by atoms with E-state index in [0.717, 1.165) is 25.2 Å². The van der Waals surface area contributed by atoms with Gasteiger partial charge in [-0.2, -0.15) is 0 Å². The lowest BCUT2D eigenvalue weighted by atomic mass is 10.2. The van der Waals surface area contributed by atoms with Crippen LogP contribution in [-0.4, -0.2) is 26.2 Å². The van der Waals surface area contributed by atoms with E-state index in [1.807, 2.05) is 18.2 Å². The number of hydrogen-bond acceptors (Lipinski definition) is 3. The lowest BCUT2D eigenvalue weighted by Crippen LogP contribution is -2.50. The highest BCUT2D eigenvalue weighted by Crippen LogP contribution is 2.15. The van der Waals surface area contributed by atoms with Gasteiger partial charge in [-0.15, -0.1) is 0 Å². The van der Waals surface area contributed by atoms with Crippen molar-refractivity contribution in [3.63, 3.8) is 0 Å². The first-order valence-electron chi connectivity index (χ1n) is 5.00. The van der Waals surface area contributed by atoms with Crippen molar-refractivity contribution in [3.05, 3.63) is 29.8 Å². The number of esters is 1. The number of methoxy groups -OCH3 is 1. The number of nitrogens with one attached hydrogen (secondary N) is 1. The second kappa shape index (κ2) is 6.03. The molecule has 0 aliphatic rings. The van der Waals surface area contributed by atoms with Crippen LogP contribution in [0.3, 0.4) is 0 Å². The van der Waals surface area contributed by atoms with Gasteiger partial charge in [0.25, 0.3) is 0 Å². The van der Waals surface area contributed by atoms with E-state index in [0.29, 0.717) is 5.56 Å². The predicted octanol–water partition coefficient (Wildman–Crippen LogP) is 0.517. The van der Waals surface area contributed by atoms with Crippen molar-refractivity contribution in [1.29, 1.82) is 0 Å². The average Bonchev–Trinajstić information content (AvgIpc) is 2.29. The fourth-order valence-electron chi connectivity index (χ4n) is 1.27. The van der Waals surface area contributed by atoms with Crippen LogP contribution < -0.4 is 11.1 Å². The number of carbonyl (C=O) groups is 1. The number of quaternary nitrogens is 1. The molecule has 0 bridgehead atoms. The van der Waals surface area contributed by atoms with Gasteiger partial charge < -0.3 is 15.8 Å². The highest BCUT2D eigenvalue weighted by Gasteiger charge is 2.09. The van der Waals surface area contributed by atoms with Gasteiger partial charge in [0.2, 0.25) is 0 Å². The second-order valence-corrected chi connectivity index (χ2v) is 3.17. The molecule has 0 aliphatic heterocycles. The third-order valence-corrected chi connectivity index (χ3v) is 2.07. The SMILES string of the molecule is COC(=O)c1ccccc1NCCC[NH3+].